The minimum atomic E-state index is -0.568. The Labute approximate surface area is 117 Å². The van der Waals surface area contributed by atoms with Crippen LogP contribution in [0, 0.1) is 5.82 Å². The van der Waals surface area contributed by atoms with Crippen molar-refractivity contribution >= 4 is 39.1 Å². The van der Waals surface area contributed by atoms with Gasteiger partial charge >= 0.3 is 0 Å². The largest absolute Gasteiger partial charge is 0.322 e. The number of hydrogen-bond acceptors (Lipinski definition) is 1. The average molecular weight is 329 g/mol. The first-order valence-corrected chi connectivity index (χ1v) is 6.26. The fourth-order valence-corrected chi connectivity index (χ4v) is 2.00. The lowest BCUT2D eigenvalue weighted by Gasteiger charge is -2.07. The summed E-state index contributed by atoms with van der Waals surface area (Å²) < 4.78 is 13.9. The second-order valence-electron chi connectivity index (χ2n) is 3.56. The highest BCUT2D eigenvalue weighted by molar-refractivity contribution is 9.10. The first-order chi connectivity index (χ1) is 8.58. The van der Waals surface area contributed by atoms with Gasteiger partial charge in [-0.1, -0.05) is 23.7 Å². The molecule has 0 aromatic heterocycles. The molecule has 0 aliphatic carbocycles. The molecule has 0 spiro atoms. The van der Waals surface area contributed by atoms with Gasteiger partial charge < -0.3 is 5.32 Å². The van der Waals surface area contributed by atoms with Crippen molar-refractivity contribution in [3.05, 3.63) is 63.3 Å². The third kappa shape index (κ3) is 2.89. The van der Waals surface area contributed by atoms with Gasteiger partial charge in [-0.25, -0.2) is 4.39 Å². The number of anilines is 1. The number of halogens is 3. The van der Waals surface area contributed by atoms with Gasteiger partial charge in [-0.05, 0) is 46.3 Å². The molecule has 0 fully saturated rings. The molecule has 0 radical (unpaired) electrons. The molecule has 2 rings (SSSR count). The molecule has 18 heavy (non-hydrogen) atoms. The molecule has 0 saturated carbocycles. The predicted molar refractivity (Wildman–Crippen MR) is 73.5 cm³/mol. The Bertz CT molecular complexity index is 603. The van der Waals surface area contributed by atoms with E-state index in [2.05, 4.69) is 21.2 Å². The van der Waals surface area contributed by atoms with Crippen LogP contribution < -0.4 is 5.32 Å². The standard InChI is InChI=1S/C13H8BrClFNO/c14-10-4-2-1-3-9(10)13(18)17-8-5-6-11(15)12(16)7-8/h1-7H,(H,17,18). The summed E-state index contributed by atoms with van der Waals surface area (Å²) in [6.07, 6.45) is 0. The van der Waals surface area contributed by atoms with E-state index in [4.69, 9.17) is 11.6 Å². The lowest BCUT2D eigenvalue weighted by Crippen LogP contribution is -2.12. The molecule has 0 aliphatic rings. The van der Waals surface area contributed by atoms with Gasteiger partial charge in [0.1, 0.15) is 5.82 Å². The van der Waals surface area contributed by atoms with E-state index in [1.807, 2.05) is 6.07 Å². The molecule has 1 amide bonds. The molecule has 0 saturated heterocycles. The van der Waals surface area contributed by atoms with Crippen LogP contribution in [-0.2, 0) is 0 Å². The summed E-state index contributed by atoms with van der Waals surface area (Å²) in [6, 6.07) is 11.1. The Morgan fingerprint density at radius 1 is 1.22 bits per heavy atom. The molecule has 0 bridgehead atoms. The summed E-state index contributed by atoms with van der Waals surface area (Å²) >= 11 is 8.84. The Morgan fingerprint density at radius 3 is 2.61 bits per heavy atom. The van der Waals surface area contributed by atoms with Crippen LogP contribution in [0.3, 0.4) is 0 Å². The highest BCUT2D eigenvalue weighted by Crippen LogP contribution is 2.21. The lowest BCUT2D eigenvalue weighted by molar-refractivity contribution is 0.102. The van der Waals surface area contributed by atoms with Crippen LogP contribution in [0.25, 0.3) is 0 Å². The van der Waals surface area contributed by atoms with Gasteiger partial charge in [-0.2, -0.15) is 0 Å². The van der Waals surface area contributed by atoms with E-state index in [1.165, 1.54) is 12.1 Å². The van der Waals surface area contributed by atoms with Crippen molar-refractivity contribution in [2.24, 2.45) is 0 Å². The van der Waals surface area contributed by atoms with Gasteiger partial charge in [0.25, 0.3) is 5.91 Å². The molecule has 0 atom stereocenters. The first-order valence-electron chi connectivity index (χ1n) is 5.09. The zero-order chi connectivity index (χ0) is 13.1. The van der Waals surface area contributed by atoms with E-state index in [-0.39, 0.29) is 10.9 Å². The second-order valence-corrected chi connectivity index (χ2v) is 4.82. The Morgan fingerprint density at radius 2 is 1.94 bits per heavy atom. The molecule has 1 N–H and O–H groups in total. The van der Waals surface area contributed by atoms with Crippen molar-refractivity contribution in [1.29, 1.82) is 0 Å². The summed E-state index contributed by atoms with van der Waals surface area (Å²) in [6.45, 7) is 0. The van der Waals surface area contributed by atoms with E-state index in [9.17, 15) is 9.18 Å². The summed E-state index contributed by atoms with van der Waals surface area (Å²) in [7, 11) is 0. The van der Waals surface area contributed by atoms with E-state index >= 15 is 0 Å². The maximum Gasteiger partial charge on any atom is 0.256 e. The zero-order valence-electron chi connectivity index (χ0n) is 9.08. The minimum Gasteiger partial charge on any atom is -0.322 e. The fourth-order valence-electron chi connectivity index (χ4n) is 1.42. The van der Waals surface area contributed by atoms with Crippen LogP contribution in [-0.4, -0.2) is 5.91 Å². The van der Waals surface area contributed by atoms with Crippen molar-refractivity contribution in [3.63, 3.8) is 0 Å². The summed E-state index contributed by atoms with van der Waals surface area (Å²) in [5.74, 6) is -0.884. The first kappa shape index (κ1) is 13.1. The van der Waals surface area contributed by atoms with Gasteiger partial charge in [0, 0.05) is 10.2 Å². The quantitative estimate of drug-likeness (QED) is 0.864. The van der Waals surface area contributed by atoms with E-state index in [1.54, 1.807) is 24.3 Å². The van der Waals surface area contributed by atoms with Gasteiger partial charge in [-0.15, -0.1) is 0 Å². The van der Waals surface area contributed by atoms with Crippen LogP contribution in [0.4, 0.5) is 10.1 Å². The Hall–Kier alpha value is -1.39. The second kappa shape index (κ2) is 5.50. The van der Waals surface area contributed by atoms with Crippen LogP contribution in [0.15, 0.2) is 46.9 Å². The van der Waals surface area contributed by atoms with Crippen LogP contribution in [0.5, 0.6) is 0 Å². The Kier molecular flexibility index (Phi) is 3.99. The lowest BCUT2D eigenvalue weighted by atomic mass is 10.2. The molecule has 0 aliphatic heterocycles. The normalized spacial score (nSPS) is 10.2. The van der Waals surface area contributed by atoms with E-state index in [0.29, 0.717) is 15.7 Å². The van der Waals surface area contributed by atoms with Crippen LogP contribution in [0.1, 0.15) is 10.4 Å². The molecule has 2 aromatic carbocycles. The molecule has 2 aromatic rings. The zero-order valence-corrected chi connectivity index (χ0v) is 11.4. The number of benzene rings is 2. The maximum absolute atomic E-state index is 13.2. The van der Waals surface area contributed by atoms with Gasteiger partial charge in [-0.3, -0.25) is 4.79 Å². The van der Waals surface area contributed by atoms with Crippen molar-refractivity contribution in [2.45, 2.75) is 0 Å². The monoisotopic (exact) mass is 327 g/mol. The van der Waals surface area contributed by atoms with E-state index < -0.39 is 5.82 Å². The van der Waals surface area contributed by atoms with Crippen LogP contribution >= 0.6 is 27.5 Å². The molecule has 0 heterocycles. The summed E-state index contributed by atoms with van der Waals surface area (Å²) in [4.78, 5) is 11.9. The molecule has 92 valence electrons. The maximum atomic E-state index is 13.2. The van der Waals surface area contributed by atoms with Crippen molar-refractivity contribution < 1.29 is 9.18 Å². The van der Waals surface area contributed by atoms with Gasteiger partial charge in [0.15, 0.2) is 0 Å². The fraction of sp³-hybridized carbons (Fsp3) is 0. The predicted octanol–water partition coefficient (Wildman–Crippen LogP) is 4.49. The highest BCUT2D eigenvalue weighted by Gasteiger charge is 2.10. The SMILES string of the molecule is O=C(Nc1ccc(Cl)c(F)c1)c1ccccc1Br. The van der Waals surface area contributed by atoms with Crippen LogP contribution in [0.2, 0.25) is 5.02 Å². The smallest absolute Gasteiger partial charge is 0.256 e. The van der Waals surface area contributed by atoms with Gasteiger partial charge in [0.2, 0.25) is 0 Å². The van der Waals surface area contributed by atoms with Gasteiger partial charge in [0.05, 0.1) is 10.6 Å². The molecule has 5 heteroatoms. The number of hydrogen-bond donors (Lipinski definition) is 1. The summed E-state index contributed by atoms with van der Waals surface area (Å²) in [5, 5.41) is 2.62. The topological polar surface area (TPSA) is 29.1 Å². The molecular weight excluding hydrogens is 321 g/mol. The van der Waals surface area contributed by atoms with Crippen molar-refractivity contribution in [2.75, 3.05) is 5.32 Å². The summed E-state index contributed by atoms with van der Waals surface area (Å²) in [5.41, 5.74) is 0.838. The number of nitrogens with one attached hydrogen (secondary N) is 1. The highest BCUT2D eigenvalue weighted by atomic mass is 79.9. The minimum absolute atomic E-state index is 0.0221. The Balaban J connectivity index is 2.22. The molecular formula is C13H8BrClFNO. The number of amides is 1. The third-order valence-corrected chi connectivity index (χ3v) is 3.29. The third-order valence-electron chi connectivity index (χ3n) is 2.30. The van der Waals surface area contributed by atoms with E-state index in [0.717, 1.165) is 0 Å². The van der Waals surface area contributed by atoms with Crippen molar-refractivity contribution in [3.8, 4) is 0 Å². The van der Waals surface area contributed by atoms with Crippen molar-refractivity contribution in [1.82, 2.24) is 0 Å². The molecule has 0 unspecified atom stereocenters. The number of carbonyl (C=O) groups is 1. The number of carbonyl (C=O) groups excluding carboxylic acids is 1. The average Bonchev–Trinajstić information content (AvgIpc) is 2.34. The number of rotatable bonds is 2. The molecule has 2 nitrogen and oxygen atoms in total.